The van der Waals surface area contributed by atoms with Gasteiger partial charge in [0, 0.05) is 6.54 Å². The number of aliphatic hydroxyl groups is 1. The minimum Gasteiger partial charge on any atom is -0.387 e. The zero-order valence-electron chi connectivity index (χ0n) is 15.8. The Labute approximate surface area is 167 Å². The maximum Gasteiger partial charge on any atom is 0.254 e. The van der Waals surface area contributed by atoms with Crippen molar-refractivity contribution in [3.8, 4) is 5.69 Å². The molecule has 4 aromatic rings. The van der Waals surface area contributed by atoms with Gasteiger partial charge in [-0.2, -0.15) is 5.10 Å². The molecule has 1 amide bonds. The maximum atomic E-state index is 14.0. The van der Waals surface area contributed by atoms with Crippen molar-refractivity contribution in [2.24, 2.45) is 0 Å². The fourth-order valence-corrected chi connectivity index (χ4v) is 3.32. The number of carbonyl (C=O) groups is 1. The summed E-state index contributed by atoms with van der Waals surface area (Å²) in [5.41, 5.74) is 1.86. The molecule has 0 saturated carbocycles. The van der Waals surface area contributed by atoms with Crippen molar-refractivity contribution < 1.29 is 14.3 Å². The largest absolute Gasteiger partial charge is 0.387 e. The van der Waals surface area contributed by atoms with Crippen LogP contribution in [0.2, 0.25) is 0 Å². The van der Waals surface area contributed by atoms with Crippen molar-refractivity contribution in [2.75, 3.05) is 6.54 Å². The third kappa shape index (κ3) is 3.75. The van der Waals surface area contributed by atoms with E-state index in [1.54, 1.807) is 25.1 Å². The Balaban J connectivity index is 1.47. The van der Waals surface area contributed by atoms with Crippen molar-refractivity contribution in [1.29, 1.82) is 0 Å². The molecule has 1 aromatic heterocycles. The van der Waals surface area contributed by atoms with Crippen LogP contribution in [-0.4, -0.2) is 27.3 Å². The number of halogens is 1. The first-order valence-electron chi connectivity index (χ1n) is 9.29. The number of rotatable bonds is 5. The number of benzene rings is 3. The number of nitrogens with one attached hydrogen (secondary N) is 1. The Morgan fingerprint density at radius 1 is 1.10 bits per heavy atom. The fourth-order valence-electron chi connectivity index (χ4n) is 3.32. The summed E-state index contributed by atoms with van der Waals surface area (Å²) < 4.78 is 15.4. The standard InChI is InChI=1S/C23H20FN3O2/c1-15-19(13-26-27(15)21-9-5-4-8-20(21)24)23(29)25-14-22(28)18-11-10-16-6-2-3-7-17(16)12-18/h2-13,22,28H,14H2,1H3,(H,25,29). The lowest BCUT2D eigenvalue weighted by Gasteiger charge is -2.13. The summed E-state index contributed by atoms with van der Waals surface area (Å²) in [6.45, 7) is 1.76. The van der Waals surface area contributed by atoms with Crippen LogP contribution in [0.1, 0.15) is 27.7 Å². The molecule has 0 bridgehead atoms. The van der Waals surface area contributed by atoms with Gasteiger partial charge in [-0.1, -0.05) is 48.5 Å². The second-order valence-electron chi connectivity index (χ2n) is 6.84. The monoisotopic (exact) mass is 389 g/mol. The summed E-state index contributed by atoms with van der Waals surface area (Å²) in [6, 6.07) is 19.8. The van der Waals surface area contributed by atoms with Gasteiger partial charge in [0.1, 0.15) is 11.5 Å². The molecule has 0 spiro atoms. The summed E-state index contributed by atoms with van der Waals surface area (Å²) in [7, 11) is 0. The number of hydrogen-bond acceptors (Lipinski definition) is 3. The van der Waals surface area contributed by atoms with Gasteiger partial charge in [0.15, 0.2) is 0 Å². The predicted molar refractivity (Wildman–Crippen MR) is 110 cm³/mol. The average Bonchev–Trinajstić information content (AvgIpc) is 3.13. The van der Waals surface area contributed by atoms with Gasteiger partial charge in [-0.05, 0) is 41.5 Å². The van der Waals surface area contributed by atoms with Crippen LogP contribution in [0.5, 0.6) is 0 Å². The lowest BCUT2D eigenvalue weighted by molar-refractivity contribution is 0.0915. The van der Waals surface area contributed by atoms with Gasteiger partial charge in [0.25, 0.3) is 5.91 Å². The molecule has 5 nitrogen and oxygen atoms in total. The molecule has 0 aliphatic rings. The average molecular weight is 389 g/mol. The quantitative estimate of drug-likeness (QED) is 0.543. The van der Waals surface area contributed by atoms with Crippen LogP contribution in [-0.2, 0) is 0 Å². The number of nitrogens with zero attached hydrogens (tertiary/aromatic N) is 2. The molecule has 2 N–H and O–H groups in total. The van der Waals surface area contributed by atoms with Gasteiger partial charge in [-0.3, -0.25) is 4.79 Å². The molecule has 0 aliphatic carbocycles. The highest BCUT2D eigenvalue weighted by Crippen LogP contribution is 2.21. The summed E-state index contributed by atoms with van der Waals surface area (Å²) in [4.78, 5) is 12.6. The molecule has 3 aromatic carbocycles. The van der Waals surface area contributed by atoms with Gasteiger partial charge in [0.2, 0.25) is 0 Å². The van der Waals surface area contributed by atoms with E-state index < -0.39 is 11.9 Å². The molecular weight excluding hydrogens is 369 g/mol. The molecule has 0 fully saturated rings. The van der Waals surface area contributed by atoms with Crippen LogP contribution >= 0.6 is 0 Å². The molecule has 0 radical (unpaired) electrons. The fraction of sp³-hybridized carbons (Fsp3) is 0.130. The van der Waals surface area contributed by atoms with Crippen LogP contribution in [0.15, 0.2) is 72.9 Å². The van der Waals surface area contributed by atoms with Crippen molar-refractivity contribution in [3.63, 3.8) is 0 Å². The smallest absolute Gasteiger partial charge is 0.254 e. The number of fused-ring (bicyclic) bond motifs is 1. The molecule has 0 saturated heterocycles. The molecule has 146 valence electrons. The summed E-state index contributed by atoms with van der Waals surface area (Å²) in [5.74, 6) is -0.790. The lowest BCUT2D eigenvalue weighted by atomic mass is 10.0. The minimum atomic E-state index is -0.842. The molecule has 1 atom stereocenters. The Bertz CT molecular complexity index is 1190. The van der Waals surface area contributed by atoms with Gasteiger partial charge in [-0.25, -0.2) is 9.07 Å². The molecule has 1 heterocycles. The van der Waals surface area contributed by atoms with E-state index in [0.717, 1.165) is 16.3 Å². The third-order valence-corrected chi connectivity index (χ3v) is 4.95. The van der Waals surface area contributed by atoms with Crippen molar-refractivity contribution in [1.82, 2.24) is 15.1 Å². The molecular formula is C23H20FN3O2. The van der Waals surface area contributed by atoms with E-state index in [9.17, 15) is 14.3 Å². The normalized spacial score (nSPS) is 12.1. The number of amides is 1. The number of aliphatic hydroxyl groups excluding tert-OH is 1. The summed E-state index contributed by atoms with van der Waals surface area (Å²) >= 11 is 0. The number of hydrogen-bond donors (Lipinski definition) is 2. The van der Waals surface area contributed by atoms with E-state index in [-0.39, 0.29) is 18.1 Å². The van der Waals surface area contributed by atoms with E-state index in [0.29, 0.717) is 11.3 Å². The van der Waals surface area contributed by atoms with Crippen molar-refractivity contribution >= 4 is 16.7 Å². The van der Waals surface area contributed by atoms with E-state index >= 15 is 0 Å². The molecule has 1 unspecified atom stereocenters. The Morgan fingerprint density at radius 3 is 2.62 bits per heavy atom. The van der Waals surface area contributed by atoms with E-state index in [2.05, 4.69) is 10.4 Å². The Hall–Kier alpha value is -3.51. The summed E-state index contributed by atoms with van der Waals surface area (Å²) in [5, 5.41) is 19.5. The second kappa shape index (κ2) is 7.85. The first-order valence-corrected chi connectivity index (χ1v) is 9.29. The minimum absolute atomic E-state index is 0.0570. The van der Waals surface area contributed by atoms with Gasteiger partial charge < -0.3 is 10.4 Å². The van der Waals surface area contributed by atoms with E-state index in [4.69, 9.17) is 0 Å². The SMILES string of the molecule is Cc1c(C(=O)NCC(O)c2ccc3ccccc3c2)cnn1-c1ccccc1F. The molecule has 0 aliphatic heterocycles. The van der Waals surface area contributed by atoms with E-state index in [1.807, 2.05) is 42.5 Å². The first kappa shape index (κ1) is 18.8. The van der Waals surface area contributed by atoms with Crippen LogP contribution in [0, 0.1) is 12.7 Å². The van der Waals surface area contributed by atoms with Gasteiger partial charge in [-0.15, -0.1) is 0 Å². The molecule has 6 heteroatoms. The van der Waals surface area contributed by atoms with Gasteiger partial charge >= 0.3 is 0 Å². The lowest BCUT2D eigenvalue weighted by Crippen LogP contribution is -2.28. The summed E-state index contributed by atoms with van der Waals surface area (Å²) in [6.07, 6.45) is 0.560. The van der Waals surface area contributed by atoms with Crippen molar-refractivity contribution in [3.05, 3.63) is 95.6 Å². The predicted octanol–water partition coefficient (Wildman–Crippen LogP) is 3.94. The topological polar surface area (TPSA) is 67.2 Å². The molecule has 4 rings (SSSR count). The number of carbonyl (C=O) groups excluding carboxylic acids is 1. The van der Waals surface area contributed by atoms with Crippen LogP contribution in [0.3, 0.4) is 0 Å². The maximum absolute atomic E-state index is 14.0. The highest BCUT2D eigenvalue weighted by molar-refractivity contribution is 5.95. The Kier molecular flexibility index (Phi) is 5.10. The van der Waals surface area contributed by atoms with Crippen LogP contribution in [0.4, 0.5) is 4.39 Å². The van der Waals surface area contributed by atoms with Crippen LogP contribution < -0.4 is 5.32 Å². The molecule has 29 heavy (non-hydrogen) atoms. The van der Waals surface area contributed by atoms with Crippen LogP contribution in [0.25, 0.3) is 16.5 Å². The van der Waals surface area contributed by atoms with Crippen molar-refractivity contribution in [2.45, 2.75) is 13.0 Å². The highest BCUT2D eigenvalue weighted by atomic mass is 19.1. The third-order valence-electron chi connectivity index (χ3n) is 4.95. The number of aromatic nitrogens is 2. The van der Waals surface area contributed by atoms with Gasteiger partial charge in [0.05, 0.1) is 23.6 Å². The second-order valence-corrected chi connectivity index (χ2v) is 6.84. The number of para-hydroxylation sites is 1. The Morgan fingerprint density at radius 2 is 1.83 bits per heavy atom. The first-order chi connectivity index (χ1) is 14.0. The zero-order chi connectivity index (χ0) is 20.4. The highest BCUT2D eigenvalue weighted by Gasteiger charge is 2.18. The van der Waals surface area contributed by atoms with E-state index in [1.165, 1.54) is 16.9 Å². The zero-order valence-corrected chi connectivity index (χ0v) is 15.8.